The first kappa shape index (κ1) is 7.74. The minimum atomic E-state index is -0.586. The summed E-state index contributed by atoms with van der Waals surface area (Å²) in [5.74, 6) is -0.586. The summed E-state index contributed by atoms with van der Waals surface area (Å²) >= 11 is 0. The third-order valence-electron chi connectivity index (χ3n) is 1.30. The molecule has 0 aliphatic heterocycles. The van der Waals surface area contributed by atoms with Crippen molar-refractivity contribution >= 4 is 5.91 Å². The summed E-state index contributed by atoms with van der Waals surface area (Å²) < 4.78 is 1.60. The van der Waals surface area contributed by atoms with Crippen molar-refractivity contribution in [3.63, 3.8) is 0 Å². The van der Waals surface area contributed by atoms with E-state index in [1.165, 1.54) is 11.5 Å². The molecular weight excluding hydrogens is 146 g/mol. The second-order valence-corrected chi connectivity index (χ2v) is 2.00. The summed E-state index contributed by atoms with van der Waals surface area (Å²) in [4.78, 5) is 10.7. The molecule has 5 nitrogen and oxygen atoms in total. The molecule has 0 bridgehead atoms. The van der Waals surface area contributed by atoms with Gasteiger partial charge in [0.05, 0.1) is 0 Å². The summed E-state index contributed by atoms with van der Waals surface area (Å²) in [5.41, 5.74) is 1.72. The van der Waals surface area contributed by atoms with Crippen LogP contribution in [0.5, 0.6) is 0 Å². The van der Waals surface area contributed by atoms with Crippen molar-refractivity contribution in [2.75, 3.05) is 0 Å². The Morgan fingerprint density at radius 3 is 3.09 bits per heavy atom. The normalized spacial score (nSPS) is 9.64. The fourth-order valence-electron chi connectivity index (χ4n) is 0.716. The molecule has 1 rings (SSSR count). The first-order valence-electron chi connectivity index (χ1n) is 3.25. The fraction of sp³-hybridized carbons (Fsp3) is 0.333. The smallest absolute Gasteiger partial charge is 0.288 e. The van der Waals surface area contributed by atoms with Crippen molar-refractivity contribution in [1.82, 2.24) is 15.3 Å². The molecule has 1 amide bonds. The van der Waals surface area contributed by atoms with Crippen LogP contribution in [0.3, 0.4) is 0 Å². The number of hydrogen-bond acceptors (Lipinski definition) is 3. The lowest BCUT2D eigenvalue weighted by atomic mass is 10.4. The number of rotatable bonds is 2. The lowest BCUT2D eigenvalue weighted by Crippen LogP contribution is -2.19. The van der Waals surface area contributed by atoms with E-state index in [1.807, 2.05) is 6.92 Å². The van der Waals surface area contributed by atoms with Crippen LogP contribution in [-0.2, 0) is 6.54 Å². The minimum absolute atomic E-state index is 0.217. The van der Waals surface area contributed by atoms with Gasteiger partial charge in [0.25, 0.3) is 5.91 Å². The van der Waals surface area contributed by atoms with Crippen LogP contribution in [0.25, 0.3) is 0 Å². The molecule has 0 atom stereocenters. The zero-order chi connectivity index (χ0) is 8.27. The number of aryl methyl sites for hydroxylation is 1. The molecule has 1 aromatic heterocycles. The maximum atomic E-state index is 10.7. The van der Waals surface area contributed by atoms with Crippen molar-refractivity contribution in [2.45, 2.75) is 13.5 Å². The van der Waals surface area contributed by atoms with Crippen molar-refractivity contribution in [2.24, 2.45) is 0 Å². The Hall–Kier alpha value is -1.36. The number of carbonyl (C=O) groups is 1. The predicted octanol–water partition coefficient (Wildman–Crippen LogP) is 0.0220. The van der Waals surface area contributed by atoms with Gasteiger partial charge in [-0.3, -0.25) is 14.7 Å². The highest BCUT2D eigenvalue weighted by Crippen LogP contribution is 1.94. The van der Waals surface area contributed by atoms with E-state index in [1.54, 1.807) is 10.9 Å². The maximum Gasteiger partial charge on any atom is 0.295 e. The van der Waals surface area contributed by atoms with Crippen LogP contribution < -0.4 is 5.48 Å². The van der Waals surface area contributed by atoms with Crippen molar-refractivity contribution in [3.05, 3.63) is 18.0 Å². The third-order valence-corrected chi connectivity index (χ3v) is 1.30. The molecular formula is C6H9N3O2. The Labute approximate surface area is 63.6 Å². The van der Waals surface area contributed by atoms with Crippen molar-refractivity contribution < 1.29 is 10.0 Å². The Bertz CT molecular complexity index is 256. The highest BCUT2D eigenvalue weighted by Gasteiger charge is 2.06. The Morgan fingerprint density at radius 1 is 1.91 bits per heavy atom. The number of carbonyl (C=O) groups excluding carboxylic acids is 1. The van der Waals surface area contributed by atoms with Crippen LogP contribution in [0.15, 0.2) is 12.3 Å². The number of nitrogens with zero attached hydrogens (tertiary/aromatic N) is 2. The molecule has 0 unspecified atom stereocenters. The van der Waals surface area contributed by atoms with E-state index in [-0.39, 0.29) is 5.69 Å². The van der Waals surface area contributed by atoms with E-state index in [4.69, 9.17) is 5.21 Å². The molecule has 0 aliphatic carbocycles. The zero-order valence-electron chi connectivity index (χ0n) is 6.11. The van der Waals surface area contributed by atoms with Gasteiger partial charge in [-0.1, -0.05) is 0 Å². The summed E-state index contributed by atoms with van der Waals surface area (Å²) in [7, 11) is 0. The molecule has 5 heteroatoms. The van der Waals surface area contributed by atoms with Crippen LogP contribution in [-0.4, -0.2) is 20.9 Å². The van der Waals surface area contributed by atoms with Gasteiger partial charge in [0, 0.05) is 12.7 Å². The number of hydroxylamine groups is 1. The second kappa shape index (κ2) is 3.16. The molecule has 0 fully saturated rings. The van der Waals surface area contributed by atoms with Crippen LogP contribution in [0.2, 0.25) is 0 Å². The van der Waals surface area contributed by atoms with Crippen molar-refractivity contribution in [3.8, 4) is 0 Å². The highest BCUT2D eigenvalue weighted by molar-refractivity contribution is 5.91. The summed E-state index contributed by atoms with van der Waals surface area (Å²) in [5, 5.41) is 12.1. The average molecular weight is 155 g/mol. The largest absolute Gasteiger partial charge is 0.295 e. The average Bonchev–Trinajstić information content (AvgIpc) is 2.50. The number of nitrogens with one attached hydrogen (secondary N) is 1. The monoisotopic (exact) mass is 155 g/mol. The molecule has 2 N–H and O–H groups in total. The van der Waals surface area contributed by atoms with Crippen LogP contribution in [0.4, 0.5) is 0 Å². The summed E-state index contributed by atoms with van der Waals surface area (Å²) in [6, 6.07) is 1.54. The van der Waals surface area contributed by atoms with Crippen LogP contribution >= 0.6 is 0 Å². The molecule has 1 heterocycles. The van der Waals surface area contributed by atoms with Gasteiger partial charge in [-0.2, -0.15) is 5.10 Å². The van der Waals surface area contributed by atoms with Gasteiger partial charge in [0.2, 0.25) is 0 Å². The molecule has 0 saturated heterocycles. The minimum Gasteiger partial charge on any atom is -0.288 e. The molecule has 11 heavy (non-hydrogen) atoms. The topological polar surface area (TPSA) is 67.2 Å². The van der Waals surface area contributed by atoms with E-state index in [2.05, 4.69) is 5.10 Å². The van der Waals surface area contributed by atoms with Gasteiger partial charge in [0.15, 0.2) is 5.69 Å². The Morgan fingerprint density at radius 2 is 2.64 bits per heavy atom. The quantitative estimate of drug-likeness (QED) is 0.467. The van der Waals surface area contributed by atoms with Gasteiger partial charge in [0.1, 0.15) is 0 Å². The van der Waals surface area contributed by atoms with Gasteiger partial charge in [-0.05, 0) is 13.0 Å². The van der Waals surface area contributed by atoms with Gasteiger partial charge < -0.3 is 0 Å². The highest BCUT2D eigenvalue weighted by atomic mass is 16.5. The molecule has 1 aromatic rings. The molecule has 0 aromatic carbocycles. The molecule has 0 radical (unpaired) electrons. The third kappa shape index (κ3) is 1.56. The SMILES string of the molecule is CCn1ccc(C(=O)NO)n1. The lowest BCUT2D eigenvalue weighted by molar-refractivity contribution is 0.0700. The Kier molecular flexibility index (Phi) is 2.22. The first-order chi connectivity index (χ1) is 5.27. The number of aromatic nitrogens is 2. The number of amides is 1. The molecule has 60 valence electrons. The maximum absolute atomic E-state index is 10.7. The van der Waals surface area contributed by atoms with Crippen LogP contribution in [0.1, 0.15) is 17.4 Å². The van der Waals surface area contributed by atoms with Crippen LogP contribution in [0, 0.1) is 0 Å². The zero-order valence-corrected chi connectivity index (χ0v) is 6.11. The van der Waals surface area contributed by atoms with E-state index in [0.717, 1.165) is 0 Å². The number of hydrogen-bond donors (Lipinski definition) is 2. The first-order valence-corrected chi connectivity index (χ1v) is 3.25. The van der Waals surface area contributed by atoms with E-state index in [0.29, 0.717) is 6.54 Å². The summed E-state index contributed by atoms with van der Waals surface area (Å²) in [6.07, 6.45) is 1.67. The van der Waals surface area contributed by atoms with Gasteiger partial charge >= 0.3 is 0 Å². The summed E-state index contributed by atoms with van der Waals surface area (Å²) in [6.45, 7) is 2.62. The molecule has 0 aliphatic rings. The molecule has 0 saturated carbocycles. The van der Waals surface area contributed by atoms with E-state index < -0.39 is 5.91 Å². The lowest BCUT2D eigenvalue weighted by Gasteiger charge is -1.92. The van der Waals surface area contributed by atoms with Gasteiger partial charge in [-0.25, -0.2) is 5.48 Å². The van der Waals surface area contributed by atoms with Gasteiger partial charge in [-0.15, -0.1) is 0 Å². The molecule has 0 spiro atoms. The fourth-order valence-corrected chi connectivity index (χ4v) is 0.716. The Balaban J connectivity index is 2.80. The van der Waals surface area contributed by atoms with Crippen molar-refractivity contribution in [1.29, 1.82) is 0 Å². The van der Waals surface area contributed by atoms with E-state index in [9.17, 15) is 4.79 Å². The predicted molar refractivity (Wildman–Crippen MR) is 37.2 cm³/mol. The second-order valence-electron chi connectivity index (χ2n) is 2.00. The van der Waals surface area contributed by atoms with E-state index >= 15 is 0 Å². The standard InChI is InChI=1S/C6H9N3O2/c1-2-9-4-3-5(7-9)6(10)8-11/h3-4,11H,2H2,1H3,(H,8,10).